The summed E-state index contributed by atoms with van der Waals surface area (Å²) in [6.45, 7) is 10.5. The predicted molar refractivity (Wildman–Crippen MR) is 133 cm³/mol. The Balaban J connectivity index is 1.57. The van der Waals surface area contributed by atoms with Crippen LogP contribution in [0.1, 0.15) is 117 Å². The average Bonchev–Trinajstić information content (AvgIpc) is 3.65. The molecule has 0 aromatic carbocycles. The zero-order chi connectivity index (χ0) is 23.0. The first-order valence-corrected chi connectivity index (χ1v) is 14.1. The van der Waals surface area contributed by atoms with Crippen LogP contribution in [0.15, 0.2) is 0 Å². The lowest BCUT2D eigenvalue weighted by molar-refractivity contribution is -0.156. The van der Waals surface area contributed by atoms with E-state index in [0.717, 1.165) is 19.6 Å². The molecule has 0 aliphatic carbocycles. The van der Waals surface area contributed by atoms with Gasteiger partial charge in [-0.2, -0.15) is 0 Å². The minimum Gasteiger partial charge on any atom is -0.479 e. The van der Waals surface area contributed by atoms with Crippen LogP contribution in [0.4, 0.5) is 0 Å². The standard InChI is InChI=1S/C27H51N3O2/c1-4-7-10-13-16-23-19-28(23)22-27(26(31)32,29-20-24(29)17-14-11-8-5-2)30-21-25(30)18-15-12-9-6-3/h23-25H,4-22H2,1-3H3,(H,31,32). The van der Waals surface area contributed by atoms with Crippen LogP contribution in [0.25, 0.3) is 0 Å². The van der Waals surface area contributed by atoms with Crippen molar-refractivity contribution in [2.24, 2.45) is 0 Å². The average molecular weight is 450 g/mol. The molecule has 0 bridgehead atoms. The molecular formula is C27H51N3O2. The molecule has 0 amide bonds. The number of carbonyl (C=O) groups is 1. The van der Waals surface area contributed by atoms with Crippen molar-refractivity contribution in [2.45, 2.75) is 141 Å². The van der Waals surface area contributed by atoms with Gasteiger partial charge in [-0.3, -0.25) is 14.7 Å². The lowest BCUT2D eigenvalue weighted by Gasteiger charge is -2.35. The lowest BCUT2D eigenvalue weighted by Crippen LogP contribution is -2.59. The van der Waals surface area contributed by atoms with E-state index in [2.05, 4.69) is 35.5 Å². The fourth-order valence-corrected chi connectivity index (χ4v) is 5.81. The van der Waals surface area contributed by atoms with Gasteiger partial charge < -0.3 is 5.11 Å². The van der Waals surface area contributed by atoms with Crippen LogP contribution >= 0.6 is 0 Å². The third kappa shape index (κ3) is 6.93. The quantitative estimate of drug-likeness (QED) is 0.190. The first kappa shape index (κ1) is 26.0. The largest absolute Gasteiger partial charge is 0.479 e. The molecular weight excluding hydrogens is 398 g/mol. The van der Waals surface area contributed by atoms with Crippen molar-refractivity contribution in [1.29, 1.82) is 0 Å². The molecule has 3 saturated heterocycles. The highest BCUT2D eigenvalue weighted by Gasteiger charge is 2.65. The van der Waals surface area contributed by atoms with E-state index < -0.39 is 11.6 Å². The minimum atomic E-state index is -0.775. The number of unbranched alkanes of at least 4 members (excludes halogenated alkanes) is 9. The molecule has 6 unspecified atom stereocenters. The molecule has 1 N–H and O–H groups in total. The summed E-state index contributed by atoms with van der Waals surface area (Å²) in [5.41, 5.74) is -0.775. The molecule has 6 atom stereocenters. The summed E-state index contributed by atoms with van der Waals surface area (Å²) in [5, 5.41) is 10.6. The van der Waals surface area contributed by atoms with Gasteiger partial charge in [0.1, 0.15) is 0 Å². The van der Waals surface area contributed by atoms with Crippen molar-refractivity contribution >= 4 is 5.97 Å². The first-order chi connectivity index (χ1) is 15.6. The molecule has 3 fully saturated rings. The molecule has 186 valence electrons. The molecule has 3 heterocycles. The van der Waals surface area contributed by atoms with Gasteiger partial charge in [0.15, 0.2) is 5.66 Å². The fourth-order valence-electron chi connectivity index (χ4n) is 5.81. The Bertz CT molecular complexity index is 543. The van der Waals surface area contributed by atoms with Crippen LogP contribution in [0.3, 0.4) is 0 Å². The summed E-state index contributed by atoms with van der Waals surface area (Å²) in [7, 11) is 0. The molecule has 3 rings (SSSR count). The summed E-state index contributed by atoms with van der Waals surface area (Å²) in [4.78, 5) is 20.1. The Labute approximate surface area is 197 Å². The van der Waals surface area contributed by atoms with E-state index in [1.54, 1.807) is 0 Å². The molecule has 5 heteroatoms. The zero-order valence-electron chi connectivity index (χ0n) is 21.4. The highest BCUT2D eigenvalue weighted by molar-refractivity contribution is 5.80. The maximum absolute atomic E-state index is 12.9. The minimum absolute atomic E-state index is 0.479. The van der Waals surface area contributed by atoms with E-state index in [0.29, 0.717) is 24.7 Å². The topological polar surface area (TPSA) is 46.3 Å². The van der Waals surface area contributed by atoms with Crippen LogP contribution in [0, 0.1) is 0 Å². The van der Waals surface area contributed by atoms with E-state index in [-0.39, 0.29) is 0 Å². The monoisotopic (exact) mass is 449 g/mol. The highest BCUT2D eigenvalue weighted by atomic mass is 16.4. The second-order valence-electron chi connectivity index (χ2n) is 10.9. The summed E-state index contributed by atoms with van der Waals surface area (Å²) in [6, 6.07) is 1.58. The maximum atomic E-state index is 12.9. The second kappa shape index (κ2) is 12.7. The molecule has 0 radical (unpaired) electrons. The van der Waals surface area contributed by atoms with Gasteiger partial charge >= 0.3 is 5.97 Å². The van der Waals surface area contributed by atoms with Crippen LogP contribution < -0.4 is 0 Å². The summed E-state index contributed by atoms with van der Waals surface area (Å²) in [6.07, 6.45) is 19.0. The molecule has 0 aromatic rings. The van der Waals surface area contributed by atoms with E-state index >= 15 is 0 Å². The number of nitrogens with zero attached hydrogens (tertiary/aromatic N) is 3. The lowest BCUT2D eigenvalue weighted by atomic mass is 10.1. The Kier molecular flexibility index (Phi) is 10.3. The Hall–Kier alpha value is -0.650. The Morgan fingerprint density at radius 1 is 0.688 bits per heavy atom. The molecule has 0 aromatic heterocycles. The van der Waals surface area contributed by atoms with E-state index in [4.69, 9.17) is 0 Å². The number of hydrogen-bond acceptors (Lipinski definition) is 4. The molecule has 3 aliphatic heterocycles. The number of hydrogen-bond donors (Lipinski definition) is 1. The number of carboxylic acids is 1. The normalized spacial score (nSPS) is 32.5. The third-order valence-electron chi connectivity index (χ3n) is 8.15. The number of carboxylic acid groups (broad SMARTS) is 1. The van der Waals surface area contributed by atoms with Crippen molar-refractivity contribution in [1.82, 2.24) is 14.7 Å². The SMILES string of the molecule is CCCCCCC1CN1CC(C(=O)O)(N1CC1CCCCCC)N1CC1CCCCCC. The molecule has 0 spiro atoms. The summed E-state index contributed by atoms with van der Waals surface area (Å²) >= 11 is 0. The van der Waals surface area contributed by atoms with Crippen molar-refractivity contribution in [3.05, 3.63) is 0 Å². The van der Waals surface area contributed by atoms with Crippen LogP contribution in [-0.2, 0) is 4.79 Å². The summed E-state index contributed by atoms with van der Waals surface area (Å²) < 4.78 is 0. The van der Waals surface area contributed by atoms with E-state index in [1.807, 2.05) is 0 Å². The van der Waals surface area contributed by atoms with Crippen molar-refractivity contribution in [3.8, 4) is 0 Å². The van der Waals surface area contributed by atoms with Gasteiger partial charge in [0.2, 0.25) is 0 Å². The Morgan fingerprint density at radius 3 is 1.53 bits per heavy atom. The zero-order valence-corrected chi connectivity index (χ0v) is 21.4. The van der Waals surface area contributed by atoms with Crippen LogP contribution in [0.2, 0.25) is 0 Å². The van der Waals surface area contributed by atoms with Gasteiger partial charge in [-0.25, -0.2) is 4.79 Å². The summed E-state index contributed by atoms with van der Waals surface area (Å²) in [5.74, 6) is -0.596. The van der Waals surface area contributed by atoms with Crippen molar-refractivity contribution in [3.63, 3.8) is 0 Å². The van der Waals surface area contributed by atoms with Crippen molar-refractivity contribution in [2.75, 3.05) is 26.2 Å². The van der Waals surface area contributed by atoms with Gasteiger partial charge in [0.05, 0.1) is 0 Å². The molecule has 32 heavy (non-hydrogen) atoms. The fraction of sp³-hybridized carbons (Fsp3) is 0.963. The number of rotatable bonds is 20. The molecule has 5 nitrogen and oxygen atoms in total. The van der Waals surface area contributed by atoms with E-state index in [9.17, 15) is 9.90 Å². The molecule has 0 saturated carbocycles. The van der Waals surface area contributed by atoms with Gasteiger partial charge in [0.25, 0.3) is 0 Å². The third-order valence-corrected chi connectivity index (χ3v) is 8.15. The van der Waals surface area contributed by atoms with Gasteiger partial charge in [-0.05, 0) is 19.3 Å². The number of aliphatic carboxylic acids is 1. The smallest absolute Gasteiger partial charge is 0.340 e. The predicted octanol–water partition coefficient (Wildman–Crippen LogP) is 5.73. The van der Waals surface area contributed by atoms with Crippen LogP contribution in [0.5, 0.6) is 0 Å². The Morgan fingerprint density at radius 2 is 1.12 bits per heavy atom. The first-order valence-electron chi connectivity index (χ1n) is 14.1. The van der Waals surface area contributed by atoms with Crippen LogP contribution in [-0.4, -0.2) is 75.7 Å². The van der Waals surface area contributed by atoms with Gasteiger partial charge in [0, 0.05) is 44.3 Å². The molecule has 3 aliphatic rings. The highest BCUT2D eigenvalue weighted by Crippen LogP contribution is 2.45. The van der Waals surface area contributed by atoms with Gasteiger partial charge in [-0.15, -0.1) is 0 Å². The van der Waals surface area contributed by atoms with E-state index in [1.165, 1.54) is 96.3 Å². The van der Waals surface area contributed by atoms with Gasteiger partial charge in [-0.1, -0.05) is 97.8 Å². The van der Waals surface area contributed by atoms with Crippen molar-refractivity contribution < 1.29 is 9.90 Å². The second-order valence-corrected chi connectivity index (χ2v) is 10.9. The maximum Gasteiger partial charge on any atom is 0.340 e.